The lowest BCUT2D eigenvalue weighted by Crippen LogP contribution is -2.47. The minimum Gasteiger partial charge on any atom is -0.368 e. The first-order chi connectivity index (χ1) is 13.3. The molecule has 1 saturated heterocycles. The number of benzene rings is 1. The van der Waals surface area contributed by atoms with Crippen LogP contribution in [0.2, 0.25) is 0 Å². The van der Waals surface area contributed by atoms with Gasteiger partial charge >= 0.3 is 6.18 Å². The van der Waals surface area contributed by atoms with Crippen molar-refractivity contribution in [1.29, 1.82) is 0 Å². The SMILES string of the molecule is Cn1cnc2cc(N3CCN(c4nccc(C(F)(F)F)n4)CC3)ccc2c1=O. The van der Waals surface area contributed by atoms with Gasteiger partial charge in [0.15, 0.2) is 0 Å². The Bertz CT molecular complexity index is 1070. The topological polar surface area (TPSA) is 67.2 Å². The van der Waals surface area contributed by atoms with Gasteiger partial charge in [-0.1, -0.05) is 0 Å². The van der Waals surface area contributed by atoms with Crippen LogP contribution in [0.4, 0.5) is 24.8 Å². The van der Waals surface area contributed by atoms with Gasteiger partial charge in [-0.2, -0.15) is 13.2 Å². The van der Waals surface area contributed by atoms with Gasteiger partial charge in [-0.25, -0.2) is 15.0 Å². The summed E-state index contributed by atoms with van der Waals surface area (Å²) in [5, 5.41) is 0.546. The van der Waals surface area contributed by atoms with E-state index in [0.717, 1.165) is 18.0 Å². The molecule has 1 aromatic carbocycles. The third-order valence-corrected chi connectivity index (χ3v) is 4.76. The van der Waals surface area contributed by atoms with E-state index in [-0.39, 0.29) is 11.5 Å². The predicted molar refractivity (Wildman–Crippen MR) is 98.4 cm³/mol. The molecular weight excluding hydrogens is 373 g/mol. The maximum Gasteiger partial charge on any atom is 0.433 e. The Kier molecular flexibility index (Phi) is 4.40. The van der Waals surface area contributed by atoms with Gasteiger partial charge in [0.2, 0.25) is 5.95 Å². The molecule has 0 atom stereocenters. The normalized spacial score (nSPS) is 15.3. The quantitative estimate of drug-likeness (QED) is 0.668. The monoisotopic (exact) mass is 390 g/mol. The number of piperazine rings is 1. The average Bonchev–Trinajstić information content (AvgIpc) is 2.70. The van der Waals surface area contributed by atoms with Crippen molar-refractivity contribution in [2.24, 2.45) is 7.05 Å². The van der Waals surface area contributed by atoms with Crippen LogP contribution in [0, 0.1) is 0 Å². The average molecular weight is 390 g/mol. The van der Waals surface area contributed by atoms with E-state index in [4.69, 9.17) is 0 Å². The van der Waals surface area contributed by atoms with E-state index in [1.807, 2.05) is 12.1 Å². The molecule has 28 heavy (non-hydrogen) atoms. The van der Waals surface area contributed by atoms with Gasteiger partial charge in [0.05, 0.1) is 17.2 Å². The molecule has 0 bridgehead atoms. The highest BCUT2D eigenvalue weighted by Gasteiger charge is 2.33. The summed E-state index contributed by atoms with van der Waals surface area (Å²) in [5.74, 6) is 0.0816. The highest BCUT2D eigenvalue weighted by atomic mass is 19.4. The molecule has 0 unspecified atom stereocenters. The maximum atomic E-state index is 12.9. The summed E-state index contributed by atoms with van der Waals surface area (Å²) in [6.45, 7) is 2.17. The number of aromatic nitrogens is 4. The van der Waals surface area contributed by atoms with Crippen molar-refractivity contribution in [3.8, 4) is 0 Å². The maximum absolute atomic E-state index is 12.9. The Labute approximate surface area is 158 Å². The molecule has 4 rings (SSSR count). The smallest absolute Gasteiger partial charge is 0.368 e. The van der Waals surface area contributed by atoms with Crippen LogP contribution < -0.4 is 15.4 Å². The number of halogens is 3. The minimum atomic E-state index is -4.49. The fourth-order valence-corrected chi connectivity index (χ4v) is 3.22. The molecule has 0 saturated carbocycles. The predicted octanol–water partition coefficient (Wildman–Crippen LogP) is 2.07. The Morgan fingerprint density at radius 1 is 1.00 bits per heavy atom. The molecule has 146 valence electrons. The number of nitrogens with zero attached hydrogens (tertiary/aromatic N) is 6. The molecule has 0 aliphatic carbocycles. The van der Waals surface area contributed by atoms with Gasteiger partial charge in [-0.15, -0.1) is 0 Å². The van der Waals surface area contributed by atoms with Crippen LogP contribution in [0.25, 0.3) is 10.9 Å². The van der Waals surface area contributed by atoms with Gasteiger partial charge in [-0.05, 0) is 24.3 Å². The van der Waals surface area contributed by atoms with Gasteiger partial charge in [0.1, 0.15) is 5.69 Å². The number of anilines is 2. The summed E-state index contributed by atoms with van der Waals surface area (Å²) in [6.07, 6.45) is -1.88. The standard InChI is InChI=1S/C18H17F3N6O/c1-25-11-23-14-10-12(2-3-13(14)16(25)28)26-6-8-27(9-7-26)17-22-5-4-15(24-17)18(19,20)21/h2-5,10-11H,6-9H2,1H3. The van der Waals surface area contributed by atoms with Crippen molar-refractivity contribution >= 4 is 22.5 Å². The lowest BCUT2D eigenvalue weighted by molar-refractivity contribution is -0.141. The first-order valence-corrected chi connectivity index (χ1v) is 8.68. The highest BCUT2D eigenvalue weighted by Crippen LogP contribution is 2.28. The Hall–Kier alpha value is -3.17. The number of fused-ring (bicyclic) bond motifs is 1. The lowest BCUT2D eigenvalue weighted by atomic mass is 10.2. The molecule has 1 aliphatic heterocycles. The second-order valence-corrected chi connectivity index (χ2v) is 6.58. The van der Waals surface area contributed by atoms with Crippen molar-refractivity contribution in [2.75, 3.05) is 36.0 Å². The molecule has 2 aromatic heterocycles. The number of alkyl halides is 3. The van der Waals surface area contributed by atoms with Crippen LogP contribution in [0.5, 0.6) is 0 Å². The third-order valence-electron chi connectivity index (χ3n) is 4.76. The van der Waals surface area contributed by atoms with E-state index in [9.17, 15) is 18.0 Å². The number of hydrogen-bond acceptors (Lipinski definition) is 6. The molecular formula is C18H17F3N6O. The van der Waals surface area contributed by atoms with Crippen molar-refractivity contribution in [1.82, 2.24) is 19.5 Å². The van der Waals surface area contributed by atoms with Crippen LogP contribution in [0.15, 0.2) is 41.6 Å². The van der Waals surface area contributed by atoms with Crippen LogP contribution in [0.1, 0.15) is 5.69 Å². The van der Waals surface area contributed by atoms with Gasteiger partial charge in [0, 0.05) is 45.1 Å². The van der Waals surface area contributed by atoms with Crippen molar-refractivity contribution < 1.29 is 13.2 Å². The molecule has 1 fully saturated rings. The number of aryl methyl sites for hydroxylation is 1. The summed E-state index contributed by atoms with van der Waals surface area (Å²) in [6, 6.07) is 6.34. The highest BCUT2D eigenvalue weighted by molar-refractivity contribution is 5.81. The molecule has 7 nitrogen and oxygen atoms in total. The fourth-order valence-electron chi connectivity index (χ4n) is 3.22. The van der Waals surface area contributed by atoms with E-state index < -0.39 is 11.9 Å². The zero-order valence-electron chi connectivity index (χ0n) is 15.0. The van der Waals surface area contributed by atoms with Gasteiger partial charge < -0.3 is 14.4 Å². The molecule has 0 N–H and O–H groups in total. The van der Waals surface area contributed by atoms with Crippen LogP contribution >= 0.6 is 0 Å². The number of rotatable bonds is 2. The van der Waals surface area contributed by atoms with Crippen LogP contribution in [-0.2, 0) is 13.2 Å². The largest absolute Gasteiger partial charge is 0.433 e. The van der Waals surface area contributed by atoms with Crippen molar-refractivity contribution in [2.45, 2.75) is 6.18 Å². The van der Waals surface area contributed by atoms with Gasteiger partial charge in [-0.3, -0.25) is 4.79 Å². The molecule has 1 aliphatic rings. The van der Waals surface area contributed by atoms with Crippen LogP contribution in [0.3, 0.4) is 0 Å². The molecule has 0 spiro atoms. The first kappa shape index (κ1) is 18.2. The summed E-state index contributed by atoms with van der Waals surface area (Å²) in [4.78, 5) is 27.9. The van der Waals surface area contributed by atoms with Gasteiger partial charge in [0.25, 0.3) is 5.56 Å². The molecule has 10 heteroatoms. The third kappa shape index (κ3) is 3.37. The van der Waals surface area contributed by atoms with E-state index in [1.165, 1.54) is 10.9 Å². The zero-order chi connectivity index (χ0) is 19.9. The van der Waals surface area contributed by atoms with E-state index in [0.29, 0.717) is 37.1 Å². The second kappa shape index (κ2) is 6.77. The lowest BCUT2D eigenvalue weighted by Gasteiger charge is -2.36. The molecule has 3 heterocycles. The first-order valence-electron chi connectivity index (χ1n) is 8.68. The number of hydrogen-bond donors (Lipinski definition) is 0. The summed E-state index contributed by atoms with van der Waals surface area (Å²) in [7, 11) is 1.65. The summed E-state index contributed by atoms with van der Waals surface area (Å²) < 4.78 is 40.0. The van der Waals surface area contributed by atoms with Crippen molar-refractivity contribution in [3.63, 3.8) is 0 Å². The Morgan fingerprint density at radius 3 is 2.43 bits per heavy atom. The fraction of sp³-hybridized carbons (Fsp3) is 0.333. The summed E-state index contributed by atoms with van der Waals surface area (Å²) >= 11 is 0. The molecule has 0 radical (unpaired) electrons. The molecule has 3 aromatic rings. The van der Waals surface area contributed by atoms with E-state index in [2.05, 4.69) is 19.9 Å². The Balaban J connectivity index is 1.51. The second-order valence-electron chi connectivity index (χ2n) is 6.58. The van der Waals surface area contributed by atoms with Crippen LogP contribution in [-0.4, -0.2) is 45.7 Å². The Morgan fingerprint density at radius 2 is 1.71 bits per heavy atom. The van der Waals surface area contributed by atoms with E-state index >= 15 is 0 Å². The van der Waals surface area contributed by atoms with E-state index in [1.54, 1.807) is 18.0 Å². The minimum absolute atomic E-state index is 0.0816. The zero-order valence-corrected chi connectivity index (χ0v) is 15.0. The van der Waals surface area contributed by atoms with Crippen molar-refractivity contribution in [3.05, 3.63) is 52.8 Å². The summed E-state index contributed by atoms with van der Waals surface area (Å²) in [5.41, 5.74) is 0.479. The molecule has 0 amide bonds.